The number of nitrogens with zero attached hydrogens (tertiary/aromatic N) is 3. The van der Waals surface area contributed by atoms with Crippen LogP contribution in [0.4, 0.5) is 0 Å². The highest BCUT2D eigenvalue weighted by molar-refractivity contribution is 5.97. The third kappa shape index (κ3) is 4.25. The Morgan fingerprint density at radius 1 is 1.25 bits per heavy atom. The van der Waals surface area contributed by atoms with E-state index >= 15 is 0 Å². The predicted octanol–water partition coefficient (Wildman–Crippen LogP) is 2.97. The molecule has 1 aliphatic heterocycles. The summed E-state index contributed by atoms with van der Waals surface area (Å²) in [4.78, 5) is 24.0. The number of aromatic nitrogens is 2. The molecule has 2 aromatic rings. The number of hydrogen-bond donors (Lipinski definition) is 0. The van der Waals surface area contributed by atoms with Gasteiger partial charge in [0.25, 0.3) is 5.91 Å². The van der Waals surface area contributed by atoms with Crippen molar-refractivity contribution in [2.45, 2.75) is 32.3 Å². The molecule has 150 valence electrons. The van der Waals surface area contributed by atoms with Crippen LogP contribution in [0.1, 0.15) is 46.2 Å². The zero-order valence-electron chi connectivity index (χ0n) is 16.9. The highest BCUT2D eigenvalue weighted by Gasteiger charge is 2.29. The molecule has 0 aliphatic carbocycles. The monoisotopic (exact) mass is 385 g/mol. The second-order valence-corrected chi connectivity index (χ2v) is 6.92. The summed E-state index contributed by atoms with van der Waals surface area (Å²) in [6, 6.07) is 5.27. The molecule has 1 amide bonds. The lowest BCUT2D eigenvalue weighted by atomic mass is 9.91. The summed E-state index contributed by atoms with van der Waals surface area (Å²) < 4.78 is 15.9. The van der Waals surface area contributed by atoms with Gasteiger partial charge in [-0.2, -0.15) is 0 Å². The van der Waals surface area contributed by atoms with Crippen molar-refractivity contribution in [3.05, 3.63) is 47.0 Å². The van der Waals surface area contributed by atoms with Gasteiger partial charge < -0.3 is 19.1 Å². The van der Waals surface area contributed by atoms with Gasteiger partial charge in [-0.25, -0.2) is 9.97 Å². The van der Waals surface area contributed by atoms with Crippen LogP contribution in [0.2, 0.25) is 0 Å². The van der Waals surface area contributed by atoms with Gasteiger partial charge in [-0.15, -0.1) is 0 Å². The van der Waals surface area contributed by atoms with Crippen LogP contribution in [0.3, 0.4) is 0 Å². The minimum atomic E-state index is -0.0386. The van der Waals surface area contributed by atoms with Gasteiger partial charge in [-0.1, -0.05) is 0 Å². The maximum atomic E-state index is 13.2. The maximum Gasteiger partial charge on any atom is 0.257 e. The number of methoxy groups -OCH3 is 3. The minimum absolute atomic E-state index is 0.0386. The van der Waals surface area contributed by atoms with Crippen LogP contribution in [-0.2, 0) is 11.3 Å². The molecule has 1 fully saturated rings. The first-order chi connectivity index (χ1) is 13.6. The summed E-state index contributed by atoms with van der Waals surface area (Å²) in [5, 5.41) is 0. The highest BCUT2D eigenvalue weighted by Crippen LogP contribution is 2.31. The van der Waals surface area contributed by atoms with Crippen molar-refractivity contribution in [2.75, 3.05) is 34.4 Å². The molecule has 1 aromatic carbocycles. The Kier molecular flexibility index (Phi) is 6.46. The fraction of sp³-hybridized carbons (Fsp3) is 0.476. The van der Waals surface area contributed by atoms with Gasteiger partial charge in [-0.05, 0) is 31.9 Å². The molecule has 28 heavy (non-hydrogen) atoms. The van der Waals surface area contributed by atoms with Gasteiger partial charge in [0.15, 0.2) is 0 Å². The first-order valence-corrected chi connectivity index (χ1v) is 9.40. The van der Waals surface area contributed by atoms with Gasteiger partial charge in [0.05, 0.1) is 32.1 Å². The summed E-state index contributed by atoms with van der Waals surface area (Å²) >= 11 is 0. The van der Waals surface area contributed by atoms with Gasteiger partial charge in [0.1, 0.15) is 17.3 Å². The van der Waals surface area contributed by atoms with Crippen LogP contribution in [0.25, 0.3) is 0 Å². The quantitative estimate of drug-likeness (QED) is 0.761. The minimum Gasteiger partial charge on any atom is -0.497 e. The second kappa shape index (κ2) is 9.01. The van der Waals surface area contributed by atoms with Gasteiger partial charge in [0.2, 0.25) is 0 Å². The maximum absolute atomic E-state index is 13.2. The number of likely N-dealkylation sites (tertiary alicyclic amines) is 1. The van der Waals surface area contributed by atoms with E-state index in [2.05, 4.69) is 9.97 Å². The number of carbonyl (C=O) groups is 1. The van der Waals surface area contributed by atoms with Crippen LogP contribution in [0, 0.1) is 6.92 Å². The lowest BCUT2D eigenvalue weighted by Gasteiger charge is -2.33. The Hall–Kier alpha value is -2.67. The number of piperidine rings is 1. The van der Waals surface area contributed by atoms with E-state index in [0.717, 1.165) is 29.9 Å². The number of benzene rings is 1. The standard InChI is InChI=1S/C21H27N3O4/c1-14-22-11-16(13-26-2)20(23-14)15-6-5-9-24(12-15)21(25)18-8-7-17(27-3)10-19(18)28-4/h7-8,10-11,15H,5-6,9,12-13H2,1-4H3. The van der Waals surface area contributed by atoms with E-state index in [4.69, 9.17) is 14.2 Å². The lowest BCUT2D eigenvalue weighted by Crippen LogP contribution is -2.39. The van der Waals surface area contributed by atoms with Crippen molar-refractivity contribution in [3.63, 3.8) is 0 Å². The fourth-order valence-electron chi connectivity index (χ4n) is 3.66. The van der Waals surface area contributed by atoms with Gasteiger partial charge >= 0.3 is 0 Å². The molecule has 0 bridgehead atoms. The predicted molar refractivity (Wildman–Crippen MR) is 105 cm³/mol. The van der Waals surface area contributed by atoms with Crippen LogP contribution in [-0.4, -0.2) is 55.2 Å². The number of carbonyl (C=O) groups excluding carboxylic acids is 1. The normalized spacial score (nSPS) is 16.7. The van der Waals surface area contributed by atoms with E-state index in [1.165, 1.54) is 0 Å². The molecule has 1 saturated heterocycles. The van der Waals surface area contributed by atoms with E-state index in [-0.39, 0.29) is 11.8 Å². The lowest BCUT2D eigenvalue weighted by molar-refractivity contribution is 0.0701. The summed E-state index contributed by atoms with van der Waals surface area (Å²) in [5.74, 6) is 2.03. The number of hydrogen-bond acceptors (Lipinski definition) is 6. The largest absolute Gasteiger partial charge is 0.497 e. The van der Waals surface area contributed by atoms with Crippen molar-refractivity contribution in [1.82, 2.24) is 14.9 Å². The summed E-state index contributed by atoms with van der Waals surface area (Å²) in [5.41, 5.74) is 2.50. The second-order valence-electron chi connectivity index (χ2n) is 6.92. The number of ether oxygens (including phenoxy) is 3. The Labute approximate surface area is 165 Å². The molecule has 2 heterocycles. The average molecular weight is 385 g/mol. The van der Waals surface area contributed by atoms with Crippen molar-refractivity contribution in [2.24, 2.45) is 0 Å². The smallest absolute Gasteiger partial charge is 0.257 e. The van der Waals surface area contributed by atoms with E-state index in [0.29, 0.717) is 36.8 Å². The topological polar surface area (TPSA) is 73.8 Å². The molecule has 0 saturated carbocycles. The Morgan fingerprint density at radius 2 is 2.07 bits per heavy atom. The number of amides is 1. The van der Waals surface area contributed by atoms with Crippen molar-refractivity contribution >= 4 is 5.91 Å². The fourth-order valence-corrected chi connectivity index (χ4v) is 3.66. The highest BCUT2D eigenvalue weighted by atomic mass is 16.5. The van der Waals surface area contributed by atoms with Crippen LogP contribution in [0.5, 0.6) is 11.5 Å². The first kappa shape index (κ1) is 20.1. The van der Waals surface area contributed by atoms with Gasteiger partial charge in [0, 0.05) is 43.9 Å². The molecule has 0 N–H and O–H groups in total. The van der Waals surface area contributed by atoms with Crippen molar-refractivity contribution in [3.8, 4) is 11.5 Å². The molecule has 1 unspecified atom stereocenters. The molecule has 0 spiro atoms. The van der Waals surface area contributed by atoms with Gasteiger partial charge in [-0.3, -0.25) is 4.79 Å². The molecule has 1 atom stereocenters. The molecule has 0 radical (unpaired) electrons. The molecular formula is C21H27N3O4. The molecule has 7 heteroatoms. The Balaban J connectivity index is 1.84. The summed E-state index contributed by atoms with van der Waals surface area (Å²) in [6.45, 7) is 3.68. The van der Waals surface area contributed by atoms with Crippen molar-refractivity contribution < 1.29 is 19.0 Å². The molecule has 3 rings (SSSR count). The van der Waals surface area contributed by atoms with E-state index in [1.54, 1.807) is 39.5 Å². The average Bonchev–Trinajstić information content (AvgIpc) is 2.74. The molecule has 1 aromatic heterocycles. The molecular weight excluding hydrogens is 358 g/mol. The SMILES string of the molecule is COCc1cnc(C)nc1C1CCCN(C(=O)c2ccc(OC)cc2OC)C1. The Bertz CT molecular complexity index is 840. The van der Waals surface area contributed by atoms with Crippen LogP contribution < -0.4 is 9.47 Å². The molecule has 7 nitrogen and oxygen atoms in total. The van der Waals surface area contributed by atoms with E-state index in [1.807, 2.05) is 18.0 Å². The van der Waals surface area contributed by atoms with Crippen molar-refractivity contribution in [1.29, 1.82) is 0 Å². The molecule has 1 aliphatic rings. The summed E-state index contributed by atoms with van der Waals surface area (Å²) in [7, 11) is 4.81. The number of aryl methyl sites for hydroxylation is 1. The zero-order valence-corrected chi connectivity index (χ0v) is 16.9. The third-order valence-corrected chi connectivity index (χ3v) is 5.05. The Morgan fingerprint density at radius 3 is 2.79 bits per heavy atom. The van der Waals surface area contributed by atoms with Crippen LogP contribution in [0.15, 0.2) is 24.4 Å². The van der Waals surface area contributed by atoms with Crippen LogP contribution >= 0.6 is 0 Å². The van der Waals surface area contributed by atoms with E-state index < -0.39 is 0 Å². The van der Waals surface area contributed by atoms with E-state index in [9.17, 15) is 4.79 Å². The zero-order chi connectivity index (χ0) is 20.1. The third-order valence-electron chi connectivity index (χ3n) is 5.05. The first-order valence-electron chi connectivity index (χ1n) is 9.40. The summed E-state index contributed by atoms with van der Waals surface area (Å²) in [6.07, 6.45) is 3.73. The number of rotatable bonds is 6.